The third kappa shape index (κ3) is 6.58. The molecule has 0 aliphatic heterocycles. The Kier molecular flexibility index (Phi) is 9.86. The highest BCUT2D eigenvalue weighted by Gasteiger charge is 2.60. The molecule has 12 heteroatoms. The predicted molar refractivity (Wildman–Crippen MR) is 198 cm³/mol. The number of hydrogen-bond acceptors (Lipinski definition) is 10. The maximum Gasteiger partial charge on any atom is 0.400 e. The highest BCUT2D eigenvalue weighted by Crippen LogP contribution is 2.65. The zero-order valence-electron chi connectivity index (χ0n) is 32.1. The molecule has 0 bridgehead atoms. The first-order valence-electron chi connectivity index (χ1n) is 20.6. The molecule has 10 nitrogen and oxygen atoms in total. The number of fused-ring (bicyclic) bond motifs is 10. The van der Waals surface area contributed by atoms with Crippen molar-refractivity contribution in [3.63, 3.8) is 0 Å². The Morgan fingerprint density at radius 2 is 0.943 bits per heavy atom. The lowest BCUT2D eigenvalue weighted by atomic mass is 9.48. The molecule has 6 fully saturated rings. The van der Waals surface area contributed by atoms with Gasteiger partial charge in [0, 0.05) is 23.7 Å². The van der Waals surface area contributed by atoms with Crippen molar-refractivity contribution >= 4 is 32.4 Å². The second-order valence-electron chi connectivity index (χ2n) is 19.1. The monoisotopic (exact) mass is 776 g/mol. The standard InChI is InChI=1S/C41H60O10S2/c1-38-18-14-28(24-26(38)6-8-30-32-10-12-36(42)40(32,3)20-16-34(30)38)50-52(44,45)48-22-5-23-49-53(46,47)51-29-15-19-39(2)27(25-29)7-9-31-33-11-13-37(43)41(33,4)21-17-35(31)39/h6-7,28-35H,5,8-25H2,1-4H3/t28?,29?,30?,31?,32?,33?,34?,35?,38-,39-,40-,41-/m0/s1. The second kappa shape index (κ2) is 13.6. The van der Waals surface area contributed by atoms with Crippen LogP contribution >= 0.6 is 0 Å². The number of ketones is 2. The molecule has 0 saturated heterocycles. The minimum absolute atomic E-state index is 0.00509. The van der Waals surface area contributed by atoms with E-state index in [0.717, 1.165) is 64.2 Å². The van der Waals surface area contributed by atoms with E-state index in [0.29, 0.717) is 85.6 Å². The van der Waals surface area contributed by atoms with Crippen LogP contribution in [0.1, 0.15) is 137 Å². The predicted octanol–water partition coefficient (Wildman–Crippen LogP) is 7.73. The Morgan fingerprint density at radius 3 is 1.36 bits per heavy atom. The normalized spacial score (nSPS) is 45.2. The van der Waals surface area contributed by atoms with Gasteiger partial charge in [0.25, 0.3) is 0 Å². The molecular weight excluding hydrogens is 717 g/mol. The lowest BCUT2D eigenvalue weighted by Gasteiger charge is -2.56. The zero-order valence-corrected chi connectivity index (χ0v) is 33.7. The van der Waals surface area contributed by atoms with Crippen LogP contribution in [0.15, 0.2) is 23.3 Å². The van der Waals surface area contributed by atoms with Crippen LogP contribution in [0.5, 0.6) is 0 Å². The van der Waals surface area contributed by atoms with E-state index in [9.17, 15) is 26.4 Å². The number of carbonyl (C=O) groups is 2. The number of rotatable bonds is 10. The molecule has 0 heterocycles. The summed E-state index contributed by atoms with van der Waals surface area (Å²) in [6, 6.07) is 0. The molecule has 0 spiro atoms. The lowest BCUT2D eigenvalue weighted by molar-refractivity contribution is -0.132. The third-order valence-electron chi connectivity index (χ3n) is 16.8. The first-order valence-corrected chi connectivity index (χ1v) is 23.2. The molecule has 0 radical (unpaired) electrons. The number of hydrogen-bond donors (Lipinski definition) is 0. The molecule has 296 valence electrons. The Morgan fingerprint density at radius 1 is 0.566 bits per heavy atom. The Bertz CT molecular complexity index is 1660. The average Bonchev–Trinajstić information content (AvgIpc) is 3.58. The van der Waals surface area contributed by atoms with Gasteiger partial charge in [-0.05, 0) is 143 Å². The first kappa shape index (κ1) is 38.4. The van der Waals surface area contributed by atoms with Gasteiger partial charge in [-0.25, -0.2) is 16.7 Å². The summed E-state index contributed by atoms with van der Waals surface area (Å²) in [6.45, 7) is 8.48. The SMILES string of the molecule is C[C@]12CCC(OS(=O)(=O)OCCCOS(=O)(=O)OC3CC[C@@]4(C)C(=CCC5C4CC[C@]4(C)C(=O)CCC54)C3)CC1=CCC1C2CC[C@]2(C)C(=O)CCC12. The van der Waals surface area contributed by atoms with Crippen LogP contribution < -0.4 is 0 Å². The van der Waals surface area contributed by atoms with Crippen LogP contribution in [0.3, 0.4) is 0 Å². The molecule has 0 amide bonds. The van der Waals surface area contributed by atoms with Gasteiger partial charge in [0.2, 0.25) is 0 Å². The molecule has 53 heavy (non-hydrogen) atoms. The quantitative estimate of drug-likeness (QED) is 0.160. The van der Waals surface area contributed by atoms with Gasteiger partial charge in [0.15, 0.2) is 0 Å². The van der Waals surface area contributed by atoms with Crippen LogP contribution in [0.25, 0.3) is 0 Å². The average molecular weight is 777 g/mol. The third-order valence-corrected chi connectivity index (χ3v) is 18.7. The second-order valence-corrected chi connectivity index (χ2v) is 21.6. The topological polar surface area (TPSA) is 139 Å². The smallest absolute Gasteiger partial charge is 0.299 e. The number of allylic oxidation sites excluding steroid dienone is 2. The molecule has 0 aromatic carbocycles. The first-order chi connectivity index (χ1) is 25.0. The summed E-state index contributed by atoms with van der Waals surface area (Å²) in [5.41, 5.74) is 2.18. The highest BCUT2D eigenvalue weighted by atomic mass is 32.3. The van der Waals surface area contributed by atoms with E-state index in [-0.39, 0.29) is 41.3 Å². The molecule has 8 aliphatic rings. The molecule has 6 saturated carbocycles. The summed E-state index contributed by atoms with van der Waals surface area (Å²) in [5, 5.41) is 0. The fourth-order valence-electron chi connectivity index (χ4n) is 13.7. The molecule has 8 aliphatic carbocycles. The van der Waals surface area contributed by atoms with Crippen LogP contribution in [-0.2, 0) is 47.1 Å². The van der Waals surface area contributed by atoms with Crippen molar-refractivity contribution in [3.8, 4) is 0 Å². The van der Waals surface area contributed by atoms with E-state index in [1.807, 2.05) is 0 Å². The maximum atomic E-state index is 12.8. The molecule has 0 aromatic rings. The van der Waals surface area contributed by atoms with E-state index >= 15 is 0 Å². The molecule has 12 atom stereocenters. The zero-order chi connectivity index (χ0) is 37.6. The fourth-order valence-corrected chi connectivity index (χ4v) is 15.5. The lowest BCUT2D eigenvalue weighted by Crippen LogP contribution is -2.50. The van der Waals surface area contributed by atoms with Crippen LogP contribution in [0, 0.1) is 57.2 Å². The summed E-state index contributed by atoms with van der Waals surface area (Å²) in [4.78, 5) is 25.5. The van der Waals surface area contributed by atoms with Gasteiger partial charge in [-0.15, -0.1) is 0 Å². The van der Waals surface area contributed by atoms with Gasteiger partial charge in [0.05, 0.1) is 25.4 Å². The van der Waals surface area contributed by atoms with Crippen LogP contribution in [0.2, 0.25) is 0 Å². The Hall–Kier alpha value is -1.44. The highest BCUT2D eigenvalue weighted by molar-refractivity contribution is 7.82. The van der Waals surface area contributed by atoms with Crippen molar-refractivity contribution in [2.45, 2.75) is 149 Å². The van der Waals surface area contributed by atoms with E-state index in [2.05, 4.69) is 39.8 Å². The Balaban J connectivity index is 0.778. The molecule has 0 N–H and O–H groups in total. The van der Waals surface area contributed by atoms with Gasteiger partial charge in [-0.3, -0.25) is 9.59 Å². The van der Waals surface area contributed by atoms with Crippen molar-refractivity contribution in [2.75, 3.05) is 13.2 Å². The van der Waals surface area contributed by atoms with Gasteiger partial charge in [-0.1, -0.05) is 51.0 Å². The fraction of sp³-hybridized carbons (Fsp3) is 0.854. The molecule has 8 unspecified atom stereocenters. The van der Waals surface area contributed by atoms with Gasteiger partial charge < -0.3 is 0 Å². The summed E-state index contributed by atoms with van der Waals surface area (Å²) >= 11 is 0. The van der Waals surface area contributed by atoms with Crippen molar-refractivity contribution in [2.24, 2.45) is 57.2 Å². The van der Waals surface area contributed by atoms with E-state index < -0.39 is 33.0 Å². The van der Waals surface area contributed by atoms with Crippen LogP contribution in [0.4, 0.5) is 0 Å². The van der Waals surface area contributed by atoms with Gasteiger partial charge in [0.1, 0.15) is 11.6 Å². The minimum atomic E-state index is -4.29. The van der Waals surface area contributed by atoms with E-state index in [4.69, 9.17) is 16.7 Å². The van der Waals surface area contributed by atoms with Gasteiger partial charge in [-0.2, -0.15) is 16.8 Å². The summed E-state index contributed by atoms with van der Waals surface area (Å²) < 4.78 is 72.5. The van der Waals surface area contributed by atoms with E-state index in [1.165, 1.54) is 11.1 Å². The maximum absolute atomic E-state index is 12.8. The number of carbonyl (C=O) groups excluding carboxylic acids is 2. The summed E-state index contributed by atoms with van der Waals surface area (Å²) in [7, 11) is -8.58. The minimum Gasteiger partial charge on any atom is -0.299 e. The van der Waals surface area contributed by atoms with Crippen molar-refractivity contribution < 1.29 is 43.2 Å². The van der Waals surface area contributed by atoms with Crippen molar-refractivity contribution in [1.82, 2.24) is 0 Å². The summed E-state index contributed by atoms with van der Waals surface area (Å²) in [6.07, 6.45) is 16.8. The Labute approximate surface area is 317 Å². The van der Waals surface area contributed by atoms with Crippen LogP contribution in [-0.4, -0.2) is 53.8 Å². The molecular formula is C41H60O10S2. The molecule has 0 aromatic heterocycles. The number of Topliss-reactive ketones (excluding diaryl/α,β-unsaturated/α-hetero) is 2. The van der Waals surface area contributed by atoms with E-state index in [1.54, 1.807) is 0 Å². The van der Waals surface area contributed by atoms with Gasteiger partial charge >= 0.3 is 20.8 Å². The van der Waals surface area contributed by atoms with Crippen molar-refractivity contribution in [1.29, 1.82) is 0 Å². The largest absolute Gasteiger partial charge is 0.400 e. The molecule has 8 rings (SSSR count). The van der Waals surface area contributed by atoms with Crippen molar-refractivity contribution in [3.05, 3.63) is 23.3 Å². The summed E-state index contributed by atoms with van der Waals surface area (Å²) in [5.74, 6) is 3.77.